The number of hydrogen-bond acceptors (Lipinski definition) is 3. The van der Waals surface area contributed by atoms with Gasteiger partial charge in [-0.15, -0.1) is 0 Å². The predicted molar refractivity (Wildman–Crippen MR) is 57.5 cm³/mol. The molecule has 1 aromatic carbocycles. The van der Waals surface area contributed by atoms with Crippen LogP contribution in [0.25, 0.3) is 11.8 Å². The Kier molecular flexibility index (Phi) is 2.90. The molecule has 0 radical (unpaired) electrons. The lowest BCUT2D eigenvalue weighted by atomic mass is 10.2. The van der Waals surface area contributed by atoms with E-state index in [2.05, 4.69) is 10.1 Å². The number of aliphatic hydroxyl groups excluding tert-OH is 1. The zero-order chi connectivity index (χ0) is 10.5. The summed E-state index contributed by atoms with van der Waals surface area (Å²) in [4.78, 5) is 3.88. The zero-order valence-corrected chi connectivity index (χ0v) is 8.11. The van der Waals surface area contributed by atoms with Gasteiger partial charge in [-0.05, 0) is 17.7 Å². The molecule has 1 aromatic heterocycles. The van der Waals surface area contributed by atoms with Gasteiger partial charge in [0.2, 0.25) is 0 Å². The van der Waals surface area contributed by atoms with Crippen molar-refractivity contribution in [2.45, 2.75) is 0 Å². The van der Waals surface area contributed by atoms with E-state index in [4.69, 9.17) is 5.11 Å². The maximum Gasteiger partial charge on any atom is 0.138 e. The van der Waals surface area contributed by atoms with Gasteiger partial charge in [0, 0.05) is 0 Å². The van der Waals surface area contributed by atoms with Crippen LogP contribution in [-0.2, 0) is 0 Å². The monoisotopic (exact) mass is 201 g/mol. The lowest BCUT2D eigenvalue weighted by Gasteiger charge is -2.00. The third-order valence-corrected chi connectivity index (χ3v) is 1.99. The summed E-state index contributed by atoms with van der Waals surface area (Å²) in [6, 6.07) is 7.82. The first-order chi connectivity index (χ1) is 7.40. The van der Waals surface area contributed by atoms with Crippen molar-refractivity contribution in [1.29, 1.82) is 0 Å². The molecular weight excluding hydrogens is 190 g/mol. The van der Waals surface area contributed by atoms with Gasteiger partial charge in [-0.1, -0.05) is 24.3 Å². The number of aliphatic hydroxyl groups is 1. The smallest absolute Gasteiger partial charge is 0.138 e. The molecule has 0 aliphatic heterocycles. The average Bonchev–Trinajstić information content (AvgIpc) is 2.80. The maximum absolute atomic E-state index is 8.62. The van der Waals surface area contributed by atoms with Crippen molar-refractivity contribution in [3.8, 4) is 5.69 Å². The minimum atomic E-state index is 0.0603. The van der Waals surface area contributed by atoms with Crippen LogP contribution in [0, 0.1) is 0 Å². The van der Waals surface area contributed by atoms with Gasteiger partial charge in [-0.25, -0.2) is 9.67 Å². The summed E-state index contributed by atoms with van der Waals surface area (Å²) >= 11 is 0. The Bertz CT molecular complexity index is 431. The molecule has 4 nitrogen and oxygen atoms in total. The molecule has 0 fully saturated rings. The highest BCUT2D eigenvalue weighted by Crippen LogP contribution is 2.08. The summed E-state index contributed by atoms with van der Waals surface area (Å²) in [6.07, 6.45) is 6.72. The molecule has 0 saturated carbocycles. The first-order valence-electron chi connectivity index (χ1n) is 4.62. The van der Waals surface area contributed by atoms with E-state index in [9.17, 15) is 0 Å². The van der Waals surface area contributed by atoms with E-state index < -0.39 is 0 Å². The summed E-state index contributed by atoms with van der Waals surface area (Å²) in [6.45, 7) is 0.0603. The molecule has 0 amide bonds. The van der Waals surface area contributed by atoms with Gasteiger partial charge in [-0.3, -0.25) is 0 Å². The minimum Gasteiger partial charge on any atom is -0.392 e. The second-order valence-corrected chi connectivity index (χ2v) is 3.02. The fourth-order valence-corrected chi connectivity index (χ4v) is 1.27. The van der Waals surface area contributed by atoms with Crippen molar-refractivity contribution in [2.75, 3.05) is 6.61 Å². The molecule has 76 valence electrons. The lowest BCUT2D eigenvalue weighted by Crippen LogP contribution is -1.93. The van der Waals surface area contributed by atoms with Crippen LogP contribution in [0.2, 0.25) is 0 Å². The third kappa shape index (κ3) is 2.30. The molecule has 2 rings (SSSR count). The Morgan fingerprint density at radius 2 is 2.07 bits per heavy atom. The van der Waals surface area contributed by atoms with Gasteiger partial charge in [0.15, 0.2) is 0 Å². The van der Waals surface area contributed by atoms with Gasteiger partial charge in [0.05, 0.1) is 12.3 Å². The van der Waals surface area contributed by atoms with Crippen LogP contribution in [-0.4, -0.2) is 26.5 Å². The number of rotatable bonds is 3. The van der Waals surface area contributed by atoms with E-state index in [1.54, 1.807) is 17.1 Å². The number of benzene rings is 1. The normalized spacial score (nSPS) is 11.0. The Morgan fingerprint density at radius 1 is 1.27 bits per heavy atom. The van der Waals surface area contributed by atoms with E-state index in [-0.39, 0.29) is 6.61 Å². The SMILES string of the molecule is OC/C=C/c1ccc(-n2cncn2)cc1. The molecule has 4 heteroatoms. The van der Waals surface area contributed by atoms with Crippen LogP contribution in [0.5, 0.6) is 0 Å². The van der Waals surface area contributed by atoms with Crippen LogP contribution in [0.1, 0.15) is 5.56 Å². The maximum atomic E-state index is 8.62. The summed E-state index contributed by atoms with van der Waals surface area (Å²) in [5, 5.41) is 12.6. The van der Waals surface area contributed by atoms with Crippen molar-refractivity contribution >= 4 is 6.08 Å². The molecule has 0 atom stereocenters. The summed E-state index contributed by atoms with van der Waals surface area (Å²) < 4.78 is 1.69. The molecular formula is C11H11N3O. The molecule has 0 saturated heterocycles. The van der Waals surface area contributed by atoms with Crippen molar-refractivity contribution in [3.05, 3.63) is 48.6 Å². The van der Waals surface area contributed by atoms with Crippen LogP contribution < -0.4 is 0 Å². The summed E-state index contributed by atoms with van der Waals surface area (Å²) in [5.41, 5.74) is 2.02. The van der Waals surface area contributed by atoms with E-state index in [0.29, 0.717) is 0 Å². The second-order valence-electron chi connectivity index (χ2n) is 3.02. The number of aromatic nitrogens is 3. The van der Waals surface area contributed by atoms with Crippen molar-refractivity contribution in [3.63, 3.8) is 0 Å². The highest BCUT2D eigenvalue weighted by Gasteiger charge is 1.94. The molecule has 0 spiro atoms. The van der Waals surface area contributed by atoms with Crippen molar-refractivity contribution in [2.24, 2.45) is 0 Å². The summed E-state index contributed by atoms with van der Waals surface area (Å²) in [7, 11) is 0. The Morgan fingerprint density at radius 3 is 2.67 bits per heavy atom. The first kappa shape index (κ1) is 9.61. The average molecular weight is 201 g/mol. The predicted octanol–water partition coefficient (Wildman–Crippen LogP) is 1.27. The molecule has 2 aromatic rings. The molecule has 15 heavy (non-hydrogen) atoms. The fourth-order valence-electron chi connectivity index (χ4n) is 1.27. The second kappa shape index (κ2) is 4.52. The standard InChI is InChI=1S/C11H11N3O/c15-7-1-2-10-3-5-11(6-4-10)14-9-12-8-13-14/h1-6,8-9,15H,7H2/b2-1+. The topological polar surface area (TPSA) is 50.9 Å². The number of hydrogen-bond donors (Lipinski definition) is 1. The van der Waals surface area contributed by atoms with E-state index in [1.807, 2.05) is 30.3 Å². The highest BCUT2D eigenvalue weighted by atomic mass is 16.2. The third-order valence-electron chi connectivity index (χ3n) is 1.99. The largest absolute Gasteiger partial charge is 0.392 e. The van der Waals surface area contributed by atoms with Crippen LogP contribution in [0.15, 0.2) is 43.0 Å². The van der Waals surface area contributed by atoms with Crippen LogP contribution in [0.3, 0.4) is 0 Å². The molecule has 0 aliphatic rings. The minimum absolute atomic E-state index is 0.0603. The van der Waals surface area contributed by atoms with E-state index in [1.165, 1.54) is 6.33 Å². The van der Waals surface area contributed by atoms with E-state index >= 15 is 0 Å². The van der Waals surface area contributed by atoms with Crippen molar-refractivity contribution < 1.29 is 5.11 Å². The van der Waals surface area contributed by atoms with Crippen LogP contribution >= 0.6 is 0 Å². The zero-order valence-electron chi connectivity index (χ0n) is 8.11. The molecule has 1 N–H and O–H groups in total. The van der Waals surface area contributed by atoms with Gasteiger partial charge in [0.25, 0.3) is 0 Å². The first-order valence-corrected chi connectivity index (χ1v) is 4.62. The molecule has 0 bridgehead atoms. The fraction of sp³-hybridized carbons (Fsp3) is 0.0909. The van der Waals surface area contributed by atoms with Gasteiger partial charge < -0.3 is 5.11 Å². The Hall–Kier alpha value is -1.94. The van der Waals surface area contributed by atoms with Gasteiger partial charge in [0.1, 0.15) is 12.7 Å². The van der Waals surface area contributed by atoms with E-state index in [0.717, 1.165) is 11.3 Å². The number of nitrogens with zero attached hydrogens (tertiary/aromatic N) is 3. The Balaban J connectivity index is 2.21. The lowest BCUT2D eigenvalue weighted by molar-refractivity contribution is 0.343. The highest BCUT2D eigenvalue weighted by molar-refractivity contribution is 5.51. The quantitative estimate of drug-likeness (QED) is 0.813. The summed E-state index contributed by atoms with van der Waals surface area (Å²) in [5.74, 6) is 0. The molecule has 1 heterocycles. The van der Waals surface area contributed by atoms with Gasteiger partial charge >= 0.3 is 0 Å². The van der Waals surface area contributed by atoms with Crippen LogP contribution in [0.4, 0.5) is 0 Å². The van der Waals surface area contributed by atoms with Crippen molar-refractivity contribution in [1.82, 2.24) is 14.8 Å². The Labute approximate surface area is 87.5 Å². The molecule has 0 unspecified atom stereocenters. The molecule has 0 aliphatic carbocycles. The van der Waals surface area contributed by atoms with Gasteiger partial charge in [-0.2, -0.15) is 5.10 Å².